The third-order valence-electron chi connectivity index (χ3n) is 4.78. The molecule has 2 aliphatic rings. The second kappa shape index (κ2) is 6.50. The summed E-state index contributed by atoms with van der Waals surface area (Å²) in [5, 5.41) is 0.678. The van der Waals surface area contributed by atoms with Crippen LogP contribution in [0.25, 0.3) is 0 Å². The van der Waals surface area contributed by atoms with Crippen LogP contribution >= 0.6 is 11.6 Å². The van der Waals surface area contributed by atoms with E-state index in [1.54, 1.807) is 0 Å². The summed E-state index contributed by atoms with van der Waals surface area (Å²) < 4.78 is 5.70. The Kier molecular flexibility index (Phi) is 4.60. The van der Waals surface area contributed by atoms with Gasteiger partial charge in [-0.25, -0.2) is 0 Å². The molecule has 0 amide bonds. The lowest BCUT2D eigenvalue weighted by Gasteiger charge is -2.32. The van der Waals surface area contributed by atoms with E-state index in [-0.39, 0.29) is 18.0 Å². The first-order chi connectivity index (χ1) is 11.0. The fourth-order valence-corrected chi connectivity index (χ4v) is 3.87. The Morgan fingerprint density at radius 3 is 2.70 bits per heavy atom. The van der Waals surface area contributed by atoms with Gasteiger partial charge in [-0.1, -0.05) is 48.0 Å². The minimum atomic E-state index is -0.646. The van der Waals surface area contributed by atoms with Crippen molar-refractivity contribution in [3.63, 3.8) is 0 Å². The summed E-state index contributed by atoms with van der Waals surface area (Å²) in [7, 11) is 4.09. The van der Waals surface area contributed by atoms with Gasteiger partial charge in [0.25, 0.3) is 0 Å². The maximum absolute atomic E-state index is 12.9. The van der Waals surface area contributed by atoms with Gasteiger partial charge in [-0.2, -0.15) is 0 Å². The van der Waals surface area contributed by atoms with Gasteiger partial charge in [-0.3, -0.25) is 4.79 Å². The number of esters is 1. The molecule has 0 radical (unpaired) electrons. The van der Waals surface area contributed by atoms with Crippen LogP contribution < -0.4 is 0 Å². The number of rotatable bonds is 5. The standard InChI is InChI=1S/C19H22ClNO2/c1-21(2)12-6-11-19(14-7-4-3-5-8-14)16-13-15(20)9-10-17(16)23-18(19)22/h3-5,7-10,13,16-17H,6,11-12H2,1-2H3. The average Bonchev–Trinajstić information content (AvgIpc) is 2.81. The molecule has 1 aliphatic carbocycles. The highest BCUT2D eigenvalue weighted by Gasteiger charge is 2.56. The van der Waals surface area contributed by atoms with Crippen molar-refractivity contribution in [2.24, 2.45) is 5.92 Å². The molecule has 23 heavy (non-hydrogen) atoms. The summed E-state index contributed by atoms with van der Waals surface area (Å²) >= 11 is 6.23. The van der Waals surface area contributed by atoms with Gasteiger partial charge in [0.2, 0.25) is 0 Å². The molecule has 1 heterocycles. The lowest BCUT2D eigenvalue weighted by molar-refractivity contribution is -0.144. The Labute approximate surface area is 142 Å². The number of nitrogens with zero attached hydrogens (tertiary/aromatic N) is 1. The number of hydrogen-bond donors (Lipinski definition) is 0. The molecule has 122 valence electrons. The van der Waals surface area contributed by atoms with Crippen molar-refractivity contribution in [1.29, 1.82) is 0 Å². The second-order valence-electron chi connectivity index (χ2n) is 6.55. The fourth-order valence-electron chi connectivity index (χ4n) is 3.66. The molecule has 0 spiro atoms. The summed E-state index contributed by atoms with van der Waals surface area (Å²) in [6, 6.07) is 9.98. The normalized spacial score (nSPS) is 29.4. The van der Waals surface area contributed by atoms with Gasteiger partial charge in [0.15, 0.2) is 0 Å². The molecule has 3 nitrogen and oxygen atoms in total. The van der Waals surface area contributed by atoms with Crippen LogP contribution in [-0.2, 0) is 14.9 Å². The van der Waals surface area contributed by atoms with E-state index in [1.807, 2.05) is 62.7 Å². The third kappa shape index (κ3) is 2.96. The van der Waals surface area contributed by atoms with Gasteiger partial charge in [-0.05, 0) is 51.2 Å². The van der Waals surface area contributed by atoms with Crippen molar-refractivity contribution in [3.8, 4) is 0 Å². The maximum Gasteiger partial charge on any atom is 0.317 e. The van der Waals surface area contributed by atoms with Crippen molar-refractivity contribution in [3.05, 3.63) is 59.2 Å². The zero-order valence-electron chi connectivity index (χ0n) is 13.5. The molecule has 0 N–H and O–H groups in total. The molecule has 1 fully saturated rings. The monoisotopic (exact) mass is 331 g/mol. The van der Waals surface area contributed by atoms with Crippen LogP contribution in [0.15, 0.2) is 53.6 Å². The summed E-state index contributed by atoms with van der Waals surface area (Å²) in [5.74, 6) is -0.179. The first-order valence-electron chi connectivity index (χ1n) is 8.01. The zero-order chi connectivity index (χ0) is 16.4. The number of carbonyl (C=O) groups excluding carboxylic acids is 1. The molecule has 3 rings (SSSR count). The van der Waals surface area contributed by atoms with Crippen molar-refractivity contribution < 1.29 is 9.53 Å². The lowest BCUT2D eigenvalue weighted by atomic mass is 9.66. The second-order valence-corrected chi connectivity index (χ2v) is 6.99. The van der Waals surface area contributed by atoms with Crippen LogP contribution in [0.1, 0.15) is 18.4 Å². The molecule has 0 saturated carbocycles. The molecule has 0 bridgehead atoms. The van der Waals surface area contributed by atoms with E-state index in [4.69, 9.17) is 16.3 Å². The molecule has 1 aromatic carbocycles. The van der Waals surface area contributed by atoms with Crippen molar-refractivity contribution in [2.45, 2.75) is 24.4 Å². The molecule has 4 heteroatoms. The first-order valence-corrected chi connectivity index (χ1v) is 8.39. The lowest BCUT2D eigenvalue weighted by Crippen LogP contribution is -2.39. The number of carbonyl (C=O) groups is 1. The van der Waals surface area contributed by atoms with Gasteiger partial charge in [0, 0.05) is 11.0 Å². The average molecular weight is 332 g/mol. The highest BCUT2D eigenvalue weighted by Crippen LogP contribution is 2.49. The number of hydrogen-bond acceptors (Lipinski definition) is 3. The summed E-state index contributed by atoms with van der Waals surface area (Å²) in [4.78, 5) is 15.0. The van der Waals surface area contributed by atoms with Crippen LogP contribution in [0.4, 0.5) is 0 Å². The van der Waals surface area contributed by atoms with E-state index < -0.39 is 5.41 Å². The topological polar surface area (TPSA) is 29.5 Å². The van der Waals surface area contributed by atoms with Crippen LogP contribution in [0.5, 0.6) is 0 Å². The van der Waals surface area contributed by atoms with E-state index in [2.05, 4.69) is 4.90 Å². The molecule has 3 atom stereocenters. The van der Waals surface area contributed by atoms with E-state index in [0.29, 0.717) is 5.03 Å². The number of benzene rings is 1. The highest BCUT2D eigenvalue weighted by atomic mass is 35.5. The Morgan fingerprint density at radius 2 is 2.00 bits per heavy atom. The largest absolute Gasteiger partial charge is 0.457 e. The highest BCUT2D eigenvalue weighted by molar-refractivity contribution is 6.31. The summed E-state index contributed by atoms with van der Waals surface area (Å²) in [6.07, 6.45) is 7.17. The molecular formula is C19H22ClNO2. The first kappa shape index (κ1) is 16.3. The minimum Gasteiger partial charge on any atom is -0.457 e. The Balaban J connectivity index is 2.01. The molecule has 1 aliphatic heterocycles. The molecule has 1 aromatic rings. The van der Waals surface area contributed by atoms with E-state index in [0.717, 1.165) is 24.9 Å². The number of allylic oxidation sites excluding steroid dienone is 2. The molecule has 3 unspecified atom stereocenters. The van der Waals surface area contributed by atoms with E-state index in [1.165, 1.54) is 0 Å². The van der Waals surface area contributed by atoms with Gasteiger partial charge < -0.3 is 9.64 Å². The maximum atomic E-state index is 12.9. The van der Waals surface area contributed by atoms with Crippen molar-refractivity contribution in [1.82, 2.24) is 4.90 Å². The number of halogens is 1. The van der Waals surface area contributed by atoms with Crippen LogP contribution in [0.2, 0.25) is 0 Å². The van der Waals surface area contributed by atoms with Crippen molar-refractivity contribution >= 4 is 17.6 Å². The Hall–Kier alpha value is -1.58. The zero-order valence-corrected chi connectivity index (χ0v) is 14.3. The number of fused-ring (bicyclic) bond motifs is 1. The van der Waals surface area contributed by atoms with Gasteiger partial charge in [-0.15, -0.1) is 0 Å². The number of ether oxygens (including phenoxy) is 1. The third-order valence-corrected chi connectivity index (χ3v) is 5.03. The minimum absolute atomic E-state index is 0.0444. The Bertz CT molecular complexity index is 638. The van der Waals surface area contributed by atoms with Crippen LogP contribution in [0.3, 0.4) is 0 Å². The predicted octanol–water partition coefficient (Wildman–Crippen LogP) is 3.50. The smallest absolute Gasteiger partial charge is 0.317 e. The molecular weight excluding hydrogens is 310 g/mol. The summed E-state index contributed by atoms with van der Waals surface area (Å²) in [6.45, 7) is 0.937. The SMILES string of the molecule is CN(C)CCCC1(c2ccccc2)C(=O)OC2C=CC(Cl)=CC21. The van der Waals surface area contributed by atoms with Crippen LogP contribution in [0, 0.1) is 5.92 Å². The summed E-state index contributed by atoms with van der Waals surface area (Å²) in [5.41, 5.74) is 0.375. The molecule has 0 aromatic heterocycles. The van der Waals surface area contributed by atoms with Gasteiger partial charge in [0.05, 0.1) is 0 Å². The predicted molar refractivity (Wildman–Crippen MR) is 92.4 cm³/mol. The van der Waals surface area contributed by atoms with Crippen molar-refractivity contribution in [2.75, 3.05) is 20.6 Å². The quantitative estimate of drug-likeness (QED) is 0.773. The van der Waals surface area contributed by atoms with Gasteiger partial charge >= 0.3 is 5.97 Å². The van der Waals surface area contributed by atoms with Crippen LogP contribution in [-0.4, -0.2) is 37.6 Å². The van der Waals surface area contributed by atoms with E-state index in [9.17, 15) is 4.79 Å². The Morgan fingerprint density at radius 1 is 1.26 bits per heavy atom. The van der Waals surface area contributed by atoms with E-state index >= 15 is 0 Å². The fraction of sp³-hybridized carbons (Fsp3) is 0.421. The van der Waals surface area contributed by atoms with Gasteiger partial charge in [0.1, 0.15) is 11.5 Å². The molecule has 1 saturated heterocycles.